The van der Waals surface area contributed by atoms with Gasteiger partial charge in [0.2, 0.25) is 0 Å². The maximum Gasteiger partial charge on any atom is 0.0784 e. The number of hydrogen-bond acceptors (Lipinski definition) is 1. The summed E-state index contributed by atoms with van der Waals surface area (Å²) in [5.41, 5.74) is 0. The van der Waals surface area contributed by atoms with Crippen LogP contribution in [0.5, 0.6) is 0 Å². The highest BCUT2D eigenvalue weighted by Crippen LogP contribution is 2.13. The molecular weight excluding hydrogens is 236 g/mol. The molecule has 3 heteroatoms. The number of hydrogen-bond donors (Lipinski definition) is 1. The lowest BCUT2D eigenvalue weighted by atomic mass is 10.2. The lowest BCUT2D eigenvalue weighted by Crippen LogP contribution is -2.25. The number of aliphatic hydroxyl groups excluding tert-OH is 1. The third-order valence-corrected chi connectivity index (χ3v) is 2.02. The predicted octanol–water partition coefficient (Wildman–Crippen LogP) is 1.91. The minimum atomic E-state index is -0.296. The summed E-state index contributed by atoms with van der Waals surface area (Å²) >= 11 is 6.52. The molecule has 0 saturated heterocycles. The fourth-order valence-electron chi connectivity index (χ4n) is 0.365. The molecular formula is C5H10Br2O. The minimum Gasteiger partial charge on any atom is -0.391 e. The zero-order chi connectivity index (χ0) is 6.73. The van der Waals surface area contributed by atoms with Crippen molar-refractivity contribution < 1.29 is 5.11 Å². The van der Waals surface area contributed by atoms with Gasteiger partial charge < -0.3 is 5.11 Å². The van der Waals surface area contributed by atoms with Crippen molar-refractivity contribution in [2.45, 2.75) is 29.6 Å². The zero-order valence-electron chi connectivity index (χ0n) is 4.94. The van der Waals surface area contributed by atoms with E-state index in [-0.39, 0.29) is 15.8 Å². The summed E-state index contributed by atoms with van der Waals surface area (Å²) in [5.74, 6) is 0. The Bertz CT molecular complexity index is 55.4. The Morgan fingerprint density at radius 2 is 1.38 bits per heavy atom. The Balaban J connectivity index is 3.46. The molecule has 0 aromatic carbocycles. The molecule has 2 unspecified atom stereocenters. The number of alkyl halides is 2. The third-order valence-electron chi connectivity index (χ3n) is 0.941. The third kappa shape index (κ3) is 3.05. The topological polar surface area (TPSA) is 20.2 Å². The summed E-state index contributed by atoms with van der Waals surface area (Å²) in [4.78, 5) is 0.328. The fraction of sp³-hybridized carbons (Fsp3) is 1.00. The lowest BCUT2D eigenvalue weighted by Gasteiger charge is -2.14. The Labute approximate surface area is 66.7 Å². The molecule has 0 rings (SSSR count). The normalized spacial score (nSPS) is 22.1. The molecule has 50 valence electrons. The van der Waals surface area contributed by atoms with Crippen LogP contribution in [0.3, 0.4) is 0 Å². The molecule has 1 nitrogen and oxygen atoms in total. The van der Waals surface area contributed by atoms with Crippen LogP contribution in [0.25, 0.3) is 0 Å². The SMILES string of the molecule is CC(Br)C(O)C(C)Br. The molecule has 0 bridgehead atoms. The van der Waals surface area contributed by atoms with Crippen LogP contribution in [0.2, 0.25) is 0 Å². The van der Waals surface area contributed by atoms with Crippen LogP contribution < -0.4 is 0 Å². The van der Waals surface area contributed by atoms with Gasteiger partial charge in [-0.05, 0) is 0 Å². The van der Waals surface area contributed by atoms with Crippen LogP contribution in [0.1, 0.15) is 13.8 Å². The Kier molecular flexibility index (Phi) is 4.30. The molecule has 0 spiro atoms. The monoisotopic (exact) mass is 244 g/mol. The van der Waals surface area contributed by atoms with E-state index in [1.807, 2.05) is 13.8 Å². The van der Waals surface area contributed by atoms with Gasteiger partial charge >= 0.3 is 0 Å². The lowest BCUT2D eigenvalue weighted by molar-refractivity contribution is 0.181. The molecule has 2 atom stereocenters. The van der Waals surface area contributed by atoms with E-state index in [2.05, 4.69) is 31.9 Å². The Morgan fingerprint density at radius 3 is 1.38 bits per heavy atom. The highest BCUT2D eigenvalue weighted by atomic mass is 79.9. The van der Waals surface area contributed by atoms with Gasteiger partial charge in [0, 0.05) is 9.65 Å². The summed E-state index contributed by atoms with van der Waals surface area (Å²) in [7, 11) is 0. The minimum absolute atomic E-state index is 0.164. The molecule has 0 saturated carbocycles. The molecule has 0 amide bonds. The molecule has 0 aliphatic rings. The summed E-state index contributed by atoms with van der Waals surface area (Å²) < 4.78 is 0. The van der Waals surface area contributed by atoms with E-state index in [4.69, 9.17) is 5.11 Å². The summed E-state index contributed by atoms with van der Waals surface area (Å²) in [6.45, 7) is 3.84. The van der Waals surface area contributed by atoms with Crippen molar-refractivity contribution in [1.29, 1.82) is 0 Å². The van der Waals surface area contributed by atoms with Crippen LogP contribution >= 0.6 is 31.9 Å². The zero-order valence-corrected chi connectivity index (χ0v) is 8.11. The van der Waals surface area contributed by atoms with Crippen LogP contribution in [0, 0.1) is 0 Å². The number of rotatable bonds is 2. The van der Waals surface area contributed by atoms with Crippen LogP contribution in [0.4, 0.5) is 0 Å². The first-order valence-corrected chi connectivity index (χ1v) is 4.35. The molecule has 0 aliphatic carbocycles. The molecule has 0 aromatic heterocycles. The van der Waals surface area contributed by atoms with Crippen molar-refractivity contribution in [3.8, 4) is 0 Å². The van der Waals surface area contributed by atoms with E-state index >= 15 is 0 Å². The van der Waals surface area contributed by atoms with E-state index in [9.17, 15) is 0 Å². The molecule has 0 fully saturated rings. The number of aliphatic hydroxyl groups is 1. The van der Waals surface area contributed by atoms with Gasteiger partial charge in [-0.1, -0.05) is 45.7 Å². The van der Waals surface area contributed by atoms with E-state index in [0.29, 0.717) is 0 Å². The average molecular weight is 246 g/mol. The standard InChI is InChI=1S/C5H10Br2O/c1-3(6)5(8)4(2)7/h3-5,8H,1-2H3. The van der Waals surface area contributed by atoms with Crippen LogP contribution in [-0.4, -0.2) is 20.9 Å². The van der Waals surface area contributed by atoms with Gasteiger partial charge in [-0.3, -0.25) is 0 Å². The van der Waals surface area contributed by atoms with Crippen molar-refractivity contribution in [2.24, 2.45) is 0 Å². The largest absolute Gasteiger partial charge is 0.391 e. The van der Waals surface area contributed by atoms with E-state index < -0.39 is 0 Å². The summed E-state index contributed by atoms with van der Waals surface area (Å²) in [6, 6.07) is 0. The van der Waals surface area contributed by atoms with Crippen molar-refractivity contribution in [3.63, 3.8) is 0 Å². The van der Waals surface area contributed by atoms with Crippen molar-refractivity contribution >= 4 is 31.9 Å². The van der Waals surface area contributed by atoms with Crippen molar-refractivity contribution in [2.75, 3.05) is 0 Å². The molecule has 0 aliphatic heterocycles. The molecule has 0 radical (unpaired) electrons. The summed E-state index contributed by atoms with van der Waals surface area (Å²) in [5, 5.41) is 9.11. The number of halogens is 2. The van der Waals surface area contributed by atoms with Crippen LogP contribution in [0.15, 0.2) is 0 Å². The fourth-order valence-corrected chi connectivity index (χ4v) is 1.69. The molecule has 0 heterocycles. The van der Waals surface area contributed by atoms with Gasteiger partial charge in [-0.15, -0.1) is 0 Å². The highest BCUT2D eigenvalue weighted by molar-refractivity contribution is 9.10. The maximum atomic E-state index is 9.11. The predicted molar refractivity (Wildman–Crippen MR) is 42.8 cm³/mol. The quantitative estimate of drug-likeness (QED) is 0.738. The second-order valence-corrected chi connectivity index (χ2v) is 4.73. The van der Waals surface area contributed by atoms with Gasteiger partial charge in [0.05, 0.1) is 6.10 Å². The Morgan fingerprint density at radius 1 is 1.12 bits per heavy atom. The van der Waals surface area contributed by atoms with Crippen LogP contribution in [-0.2, 0) is 0 Å². The van der Waals surface area contributed by atoms with Gasteiger partial charge in [-0.2, -0.15) is 0 Å². The molecule has 0 aromatic rings. The van der Waals surface area contributed by atoms with Crippen molar-refractivity contribution in [3.05, 3.63) is 0 Å². The van der Waals surface area contributed by atoms with Gasteiger partial charge in [0.1, 0.15) is 0 Å². The second-order valence-electron chi connectivity index (χ2n) is 1.85. The molecule has 1 N–H and O–H groups in total. The van der Waals surface area contributed by atoms with Gasteiger partial charge in [-0.25, -0.2) is 0 Å². The second kappa shape index (κ2) is 3.85. The highest BCUT2D eigenvalue weighted by Gasteiger charge is 2.15. The first-order chi connectivity index (χ1) is 3.55. The Hall–Kier alpha value is 0.920. The van der Waals surface area contributed by atoms with Crippen molar-refractivity contribution in [1.82, 2.24) is 0 Å². The maximum absolute atomic E-state index is 9.11. The smallest absolute Gasteiger partial charge is 0.0784 e. The first kappa shape index (κ1) is 8.92. The van der Waals surface area contributed by atoms with Gasteiger partial charge in [0.25, 0.3) is 0 Å². The summed E-state index contributed by atoms with van der Waals surface area (Å²) in [6.07, 6.45) is -0.296. The van der Waals surface area contributed by atoms with Gasteiger partial charge in [0.15, 0.2) is 0 Å². The molecule has 8 heavy (non-hydrogen) atoms. The first-order valence-electron chi connectivity index (χ1n) is 2.52. The van der Waals surface area contributed by atoms with E-state index in [0.717, 1.165) is 0 Å². The van der Waals surface area contributed by atoms with E-state index in [1.54, 1.807) is 0 Å². The van der Waals surface area contributed by atoms with E-state index in [1.165, 1.54) is 0 Å². The average Bonchev–Trinajstić information content (AvgIpc) is 1.64.